The van der Waals surface area contributed by atoms with Crippen molar-refractivity contribution >= 4 is 33.2 Å². The highest BCUT2D eigenvalue weighted by molar-refractivity contribution is 9.10. The van der Waals surface area contributed by atoms with E-state index in [4.69, 9.17) is 11.6 Å². The van der Waals surface area contributed by atoms with E-state index < -0.39 is 0 Å². The fraction of sp³-hybridized carbons (Fsp3) is 0.167. The molecule has 62 valence electrons. The second-order valence-corrected chi connectivity index (χ2v) is 3.44. The summed E-state index contributed by atoms with van der Waals surface area (Å²) in [5.74, 6) is 0. The molecule has 0 aliphatic carbocycles. The predicted molar refractivity (Wildman–Crippen MR) is 48.2 cm³/mol. The Bertz CT molecular complexity index is 438. The Kier molecular flexibility index (Phi) is 1.77. The van der Waals surface area contributed by atoms with Crippen molar-refractivity contribution in [1.82, 2.24) is 19.6 Å². The van der Waals surface area contributed by atoms with Crippen molar-refractivity contribution in [3.63, 3.8) is 0 Å². The van der Waals surface area contributed by atoms with Gasteiger partial charge in [0.05, 0.1) is 10.2 Å². The van der Waals surface area contributed by atoms with Crippen molar-refractivity contribution in [2.24, 2.45) is 0 Å². The largest absolute Gasteiger partial charge is 0.255 e. The quantitative estimate of drug-likeness (QED) is 0.667. The molecule has 2 aromatic heterocycles. The van der Waals surface area contributed by atoms with Crippen LogP contribution in [0.3, 0.4) is 0 Å². The molecule has 12 heavy (non-hydrogen) atoms. The van der Waals surface area contributed by atoms with Gasteiger partial charge in [-0.2, -0.15) is 0 Å². The molecule has 2 aromatic rings. The average molecular weight is 247 g/mol. The van der Waals surface area contributed by atoms with Crippen molar-refractivity contribution in [2.45, 2.75) is 6.92 Å². The van der Waals surface area contributed by atoms with E-state index in [2.05, 4.69) is 31.1 Å². The molecule has 6 heteroatoms. The van der Waals surface area contributed by atoms with Gasteiger partial charge in [0.2, 0.25) is 5.28 Å². The molecule has 0 unspecified atom stereocenters. The molecular weight excluding hydrogens is 243 g/mol. The van der Waals surface area contributed by atoms with E-state index in [0.29, 0.717) is 10.9 Å². The molecule has 0 aliphatic heterocycles. The number of hydrogen-bond acceptors (Lipinski definition) is 3. The summed E-state index contributed by atoms with van der Waals surface area (Å²) >= 11 is 9.18. The van der Waals surface area contributed by atoms with Gasteiger partial charge >= 0.3 is 0 Å². The van der Waals surface area contributed by atoms with E-state index in [1.54, 1.807) is 4.40 Å². The molecule has 0 N–H and O–H groups in total. The molecule has 4 nitrogen and oxygen atoms in total. The van der Waals surface area contributed by atoms with Gasteiger partial charge in [-0.05, 0) is 34.5 Å². The maximum absolute atomic E-state index is 5.83. The lowest BCUT2D eigenvalue weighted by molar-refractivity contribution is 1.03. The van der Waals surface area contributed by atoms with Crippen LogP contribution in [0.25, 0.3) is 5.65 Å². The maximum atomic E-state index is 5.83. The van der Waals surface area contributed by atoms with E-state index in [9.17, 15) is 0 Å². The van der Waals surface area contributed by atoms with Crippen LogP contribution in [0.5, 0.6) is 0 Å². The summed E-state index contributed by atoms with van der Waals surface area (Å²) in [6, 6.07) is 0. The van der Waals surface area contributed by atoms with Gasteiger partial charge in [0.1, 0.15) is 6.33 Å². The molecule has 0 radical (unpaired) electrons. The highest BCUT2D eigenvalue weighted by Gasteiger charge is 2.08. The zero-order valence-electron chi connectivity index (χ0n) is 6.12. The van der Waals surface area contributed by atoms with Crippen LogP contribution in [0.1, 0.15) is 5.69 Å². The van der Waals surface area contributed by atoms with Crippen molar-refractivity contribution in [3.8, 4) is 0 Å². The zero-order chi connectivity index (χ0) is 8.72. The molecule has 0 saturated carbocycles. The highest BCUT2D eigenvalue weighted by Crippen LogP contribution is 2.21. The third-order valence-electron chi connectivity index (χ3n) is 1.52. The van der Waals surface area contributed by atoms with Crippen molar-refractivity contribution in [1.29, 1.82) is 0 Å². The van der Waals surface area contributed by atoms with Crippen molar-refractivity contribution in [3.05, 3.63) is 21.8 Å². The molecule has 0 aliphatic rings. The molecule has 0 aromatic carbocycles. The topological polar surface area (TPSA) is 43.1 Å². The lowest BCUT2D eigenvalue weighted by Gasteiger charge is -2.00. The molecule has 0 amide bonds. The number of aromatic nitrogens is 4. The van der Waals surface area contributed by atoms with E-state index >= 15 is 0 Å². The van der Waals surface area contributed by atoms with Gasteiger partial charge in [0.15, 0.2) is 5.65 Å². The SMILES string of the molecule is Cc1nc(Cl)n2cnnc2c1Br. The van der Waals surface area contributed by atoms with Crippen LogP contribution in [0.2, 0.25) is 5.28 Å². The number of hydrogen-bond donors (Lipinski definition) is 0. The van der Waals surface area contributed by atoms with Crippen LogP contribution < -0.4 is 0 Å². The minimum absolute atomic E-state index is 0.371. The third kappa shape index (κ3) is 1.01. The Balaban J connectivity index is 2.97. The summed E-state index contributed by atoms with van der Waals surface area (Å²) in [6.45, 7) is 1.85. The number of halogens is 2. The van der Waals surface area contributed by atoms with Crippen molar-refractivity contribution < 1.29 is 0 Å². The molecule has 0 fully saturated rings. The Morgan fingerprint density at radius 2 is 2.33 bits per heavy atom. The first-order chi connectivity index (χ1) is 5.70. The zero-order valence-corrected chi connectivity index (χ0v) is 8.46. The lowest BCUT2D eigenvalue weighted by Crippen LogP contribution is -1.94. The van der Waals surface area contributed by atoms with Gasteiger partial charge in [-0.1, -0.05) is 0 Å². The Morgan fingerprint density at radius 1 is 1.58 bits per heavy atom. The van der Waals surface area contributed by atoms with Crippen LogP contribution in [-0.4, -0.2) is 19.6 Å². The monoisotopic (exact) mass is 246 g/mol. The average Bonchev–Trinajstić information content (AvgIpc) is 2.48. The number of fused-ring (bicyclic) bond motifs is 1. The van der Waals surface area contributed by atoms with Gasteiger partial charge in [-0.3, -0.25) is 4.40 Å². The standard InChI is InChI=1S/C6H4BrClN4/c1-3-4(7)5-11-9-2-12(5)6(8)10-3/h2H,1H3. The smallest absolute Gasteiger partial charge is 0.210 e. The van der Waals surface area contributed by atoms with Gasteiger partial charge in [-0.15, -0.1) is 10.2 Å². The van der Waals surface area contributed by atoms with Crippen molar-refractivity contribution in [2.75, 3.05) is 0 Å². The van der Waals surface area contributed by atoms with Crippen LogP contribution in [0.15, 0.2) is 10.8 Å². The summed E-state index contributed by atoms with van der Waals surface area (Å²) in [5.41, 5.74) is 1.49. The van der Waals surface area contributed by atoms with E-state index in [-0.39, 0.29) is 0 Å². The van der Waals surface area contributed by atoms with Gasteiger partial charge in [0, 0.05) is 0 Å². The molecule has 2 rings (SSSR count). The predicted octanol–water partition coefficient (Wildman–Crippen LogP) is 1.85. The first-order valence-corrected chi connectivity index (χ1v) is 4.38. The lowest BCUT2D eigenvalue weighted by atomic mass is 10.4. The van der Waals surface area contributed by atoms with Crippen LogP contribution in [-0.2, 0) is 0 Å². The molecule has 0 saturated heterocycles. The minimum atomic E-state index is 0.371. The van der Waals surface area contributed by atoms with E-state index in [0.717, 1.165) is 10.2 Å². The van der Waals surface area contributed by atoms with Crippen LogP contribution in [0.4, 0.5) is 0 Å². The summed E-state index contributed by atoms with van der Waals surface area (Å²) in [5, 5.41) is 7.98. The fourth-order valence-corrected chi connectivity index (χ4v) is 1.53. The third-order valence-corrected chi connectivity index (χ3v) is 2.72. The number of rotatable bonds is 0. The summed E-state index contributed by atoms with van der Waals surface area (Å²) in [7, 11) is 0. The normalized spacial score (nSPS) is 10.9. The van der Waals surface area contributed by atoms with Gasteiger partial charge < -0.3 is 0 Å². The minimum Gasteiger partial charge on any atom is -0.255 e. The Morgan fingerprint density at radius 3 is 3.08 bits per heavy atom. The Hall–Kier alpha value is -0.680. The maximum Gasteiger partial charge on any atom is 0.210 e. The molecule has 0 atom stereocenters. The molecule has 0 bridgehead atoms. The first-order valence-electron chi connectivity index (χ1n) is 3.21. The summed E-state index contributed by atoms with van der Waals surface area (Å²) in [4.78, 5) is 4.08. The van der Waals surface area contributed by atoms with E-state index in [1.165, 1.54) is 6.33 Å². The summed E-state index contributed by atoms with van der Waals surface area (Å²) in [6.07, 6.45) is 1.52. The fourth-order valence-electron chi connectivity index (χ4n) is 0.923. The second kappa shape index (κ2) is 2.67. The molecule has 2 heterocycles. The van der Waals surface area contributed by atoms with Gasteiger partial charge in [-0.25, -0.2) is 4.98 Å². The molecule has 0 spiro atoms. The highest BCUT2D eigenvalue weighted by atomic mass is 79.9. The second-order valence-electron chi connectivity index (χ2n) is 2.30. The van der Waals surface area contributed by atoms with Crippen LogP contribution in [0, 0.1) is 6.92 Å². The van der Waals surface area contributed by atoms with E-state index in [1.807, 2.05) is 6.92 Å². The number of nitrogens with zero attached hydrogens (tertiary/aromatic N) is 4. The molecular formula is C6H4BrClN4. The van der Waals surface area contributed by atoms with Crippen LogP contribution >= 0.6 is 27.5 Å². The summed E-state index contributed by atoms with van der Waals surface area (Å²) < 4.78 is 2.43. The first kappa shape index (κ1) is 7.94. The Labute approximate surface area is 81.7 Å². The van der Waals surface area contributed by atoms with Gasteiger partial charge in [0.25, 0.3) is 0 Å². The number of aryl methyl sites for hydroxylation is 1.